The van der Waals surface area contributed by atoms with Gasteiger partial charge in [0.2, 0.25) is 5.91 Å². The van der Waals surface area contributed by atoms with Crippen LogP contribution in [-0.2, 0) is 9.53 Å². The lowest BCUT2D eigenvalue weighted by Gasteiger charge is -2.38. The minimum Gasteiger partial charge on any atom is -0.462 e. The van der Waals surface area contributed by atoms with Crippen molar-refractivity contribution in [2.24, 2.45) is 0 Å². The molecule has 2 saturated heterocycles. The summed E-state index contributed by atoms with van der Waals surface area (Å²) in [5.74, 6) is -0.625. The Morgan fingerprint density at radius 1 is 1.17 bits per heavy atom. The van der Waals surface area contributed by atoms with Gasteiger partial charge in [-0.3, -0.25) is 14.5 Å². The zero-order valence-electron chi connectivity index (χ0n) is 17.6. The second-order valence-corrected chi connectivity index (χ2v) is 8.18. The van der Waals surface area contributed by atoms with Crippen molar-refractivity contribution in [3.63, 3.8) is 0 Å². The highest BCUT2D eigenvalue weighted by atomic mass is 35.5. The van der Waals surface area contributed by atoms with Crippen LogP contribution in [0.3, 0.4) is 0 Å². The van der Waals surface area contributed by atoms with Crippen molar-refractivity contribution in [1.82, 2.24) is 19.7 Å². The first-order valence-electron chi connectivity index (χ1n) is 10.5. The van der Waals surface area contributed by atoms with Gasteiger partial charge in [-0.15, -0.1) is 0 Å². The Morgan fingerprint density at radius 3 is 2.53 bits per heavy atom. The van der Waals surface area contributed by atoms with Gasteiger partial charge < -0.3 is 14.5 Å². The van der Waals surface area contributed by atoms with Crippen LogP contribution in [0.2, 0.25) is 5.02 Å². The van der Waals surface area contributed by atoms with Gasteiger partial charge in [-0.1, -0.05) is 11.6 Å². The maximum absolute atomic E-state index is 12.8. The van der Waals surface area contributed by atoms with E-state index < -0.39 is 5.97 Å². The Balaban J connectivity index is 1.54. The lowest BCUT2D eigenvalue weighted by Crippen LogP contribution is -2.53. The number of carbonyl (C=O) groups excluding carboxylic acids is 3. The lowest BCUT2D eigenvalue weighted by atomic mass is 10.0. The highest BCUT2D eigenvalue weighted by Gasteiger charge is 2.29. The molecule has 1 aromatic rings. The molecule has 0 bridgehead atoms. The van der Waals surface area contributed by atoms with Gasteiger partial charge in [-0.2, -0.15) is 0 Å². The molecule has 1 atom stereocenters. The van der Waals surface area contributed by atoms with Gasteiger partial charge in [0.15, 0.2) is 0 Å². The zero-order valence-corrected chi connectivity index (χ0v) is 18.4. The molecule has 3 rings (SSSR count). The van der Waals surface area contributed by atoms with E-state index >= 15 is 0 Å². The maximum Gasteiger partial charge on any atom is 0.339 e. The molecule has 0 radical (unpaired) electrons. The summed E-state index contributed by atoms with van der Waals surface area (Å²) in [7, 11) is 0. The minimum atomic E-state index is -0.521. The Kier molecular flexibility index (Phi) is 7.66. The van der Waals surface area contributed by atoms with Crippen LogP contribution in [-0.4, -0.2) is 89.4 Å². The standard InChI is InChI=1S/C21H29ClN4O4/c1-3-30-21(29)16-12-17(22)19(23-13-16)20(28)25-10-8-24(9-11-25)14-18(27)26-7-5-4-6-15(26)2/h12-13,15H,3-11,14H2,1-2H3/t15-/m0/s1. The number of piperidine rings is 1. The summed E-state index contributed by atoms with van der Waals surface area (Å²) in [4.78, 5) is 47.1. The molecule has 0 saturated carbocycles. The number of piperazine rings is 1. The van der Waals surface area contributed by atoms with E-state index in [9.17, 15) is 14.4 Å². The number of halogens is 1. The van der Waals surface area contributed by atoms with Crippen molar-refractivity contribution >= 4 is 29.4 Å². The third-order valence-corrected chi connectivity index (χ3v) is 5.98. The number of rotatable bonds is 5. The number of esters is 1. The van der Waals surface area contributed by atoms with Gasteiger partial charge in [0.25, 0.3) is 5.91 Å². The maximum atomic E-state index is 12.8. The number of likely N-dealkylation sites (tertiary alicyclic amines) is 1. The van der Waals surface area contributed by atoms with Gasteiger partial charge in [-0.05, 0) is 39.2 Å². The van der Waals surface area contributed by atoms with E-state index in [4.69, 9.17) is 16.3 Å². The second-order valence-electron chi connectivity index (χ2n) is 7.78. The molecule has 8 nitrogen and oxygen atoms in total. The number of hydrogen-bond donors (Lipinski definition) is 0. The molecule has 2 aliphatic rings. The number of amides is 2. The van der Waals surface area contributed by atoms with Gasteiger partial charge in [0, 0.05) is 45.0 Å². The van der Waals surface area contributed by atoms with E-state index in [1.807, 2.05) is 4.90 Å². The van der Waals surface area contributed by atoms with Gasteiger partial charge in [0.1, 0.15) is 5.69 Å². The molecule has 30 heavy (non-hydrogen) atoms. The summed E-state index contributed by atoms with van der Waals surface area (Å²) in [5, 5.41) is 0.127. The van der Waals surface area contributed by atoms with Crippen molar-refractivity contribution < 1.29 is 19.1 Å². The molecule has 9 heteroatoms. The topological polar surface area (TPSA) is 83.0 Å². The van der Waals surface area contributed by atoms with Crippen LogP contribution in [0.1, 0.15) is 54.0 Å². The summed E-state index contributed by atoms with van der Waals surface area (Å²) in [6.07, 6.45) is 4.63. The molecule has 2 aliphatic heterocycles. The molecule has 3 heterocycles. The molecular weight excluding hydrogens is 408 g/mol. The fraction of sp³-hybridized carbons (Fsp3) is 0.619. The summed E-state index contributed by atoms with van der Waals surface area (Å²) >= 11 is 6.21. The fourth-order valence-corrected chi connectivity index (χ4v) is 4.18. The average Bonchev–Trinajstić information content (AvgIpc) is 2.74. The Labute approximate surface area is 182 Å². The molecule has 0 aromatic carbocycles. The third kappa shape index (κ3) is 5.29. The predicted molar refractivity (Wildman–Crippen MR) is 113 cm³/mol. The van der Waals surface area contributed by atoms with Crippen molar-refractivity contribution in [1.29, 1.82) is 0 Å². The molecule has 1 aromatic heterocycles. The number of nitrogens with zero attached hydrogens (tertiary/aromatic N) is 4. The number of ether oxygens (including phenoxy) is 1. The first-order valence-corrected chi connectivity index (χ1v) is 10.9. The van der Waals surface area contributed by atoms with Crippen LogP contribution in [0.4, 0.5) is 0 Å². The normalized spacial score (nSPS) is 20.2. The molecule has 2 amide bonds. The van der Waals surface area contributed by atoms with E-state index in [0.29, 0.717) is 38.8 Å². The van der Waals surface area contributed by atoms with Crippen LogP contribution < -0.4 is 0 Å². The van der Waals surface area contributed by atoms with E-state index in [0.717, 1.165) is 19.4 Å². The van der Waals surface area contributed by atoms with Crippen molar-refractivity contribution in [2.75, 3.05) is 45.9 Å². The van der Waals surface area contributed by atoms with Crippen LogP contribution >= 0.6 is 11.6 Å². The Morgan fingerprint density at radius 2 is 1.90 bits per heavy atom. The number of pyridine rings is 1. The highest BCUT2D eigenvalue weighted by Crippen LogP contribution is 2.20. The van der Waals surface area contributed by atoms with Gasteiger partial charge in [-0.25, -0.2) is 9.78 Å². The van der Waals surface area contributed by atoms with E-state index in [1.54, 1.807) is 11.8 Å². The first-order chi connectivity index (χ1) is 14.4. The van der Waals surface area contributed by atoms with E-state index in [2.05, 4.69) is 16.8 Å². The predicted octanol–water partition coefficient (Wildman–Crippen LogP) is 2.07. The van der Waals surface area contributed by atoms with Gasteiger partial charge in [0.05, 0.1) is 23.7 Å². The first kappa shape index (κ1) is 22.5. The quantitative estimate of drug-likeness (QED) is 0.657. The summed E-state index contributed by atoms with van der Waals surface area (Å²) in [6, 6.07) is 1.72. The Bertz CT molecular complexity index is 795. The summed E-state index contributed by atoms with van der Waals surface area (Å²) in [6.45, 7) is 7.54. The highest BCUT2D eigenvalue weighted by molar-refractivity contribution is 6.33. The monoisotopic (exact) mass is 436 g/mol. The molecule has 0 spiro atoms. The van der Waals surface area contributed by atoms with E-state index in [-0.39, 0.29) is 34.7 Å². The summed E-state index contributed by atoms with van der Waals surface area (Å²) in [5.41, 5.74) is 0.338. The second kappa shape index (κ2) is 10.2. The number of carbonyl (C=O) groups is 3. The molecule has 0 N–H and O–H groups in total. The number of aromatic nitrogens is 1. The van der Waals surface area contributed by atoms with Crippen LogP contribution in [0.15, 0.2) is 12.3 Å². The zero-order chi connectivity index (χ0) is 21.7. The van der Waals surface area contributed by atoms with Crippen LogP contribution in [0.25, 0.3) is 0 Å². The fourth-order valence-electron chi connectivity index (χ4n) is 3.93. The van der Waals surface area contributed by atoms with Crippen LogP contribution in [0.5, 0.6) is 0 Å². The van der Waals surface area contributed by atoms with Crippen molar-refractivity contribution in [3.05, 3.63) is 28.5 Å². The third-order valence-electron chi connectivity index (χ3n) is 5.70. The molecule has 2 fully saturated rings. The van der Waals surface area contributed by atoms with Crippen LogP contribution in [0, 0.1) is 0 Å². The van der Waals surface area contributed by atoms with E-state index in [1.165, 1.54) is 18.7 Å². The Hall–Kier alpha value is -2.19. The lowest BCUT2D eigenvalue weighted by molar-refractivity contribution is -0.136. The molecular formula is C21H29ClN4O4. The minimum absolute atomic E-state index is 0.122. The SMILES string of the molecule is CCOC(=O)c1cnc(C(=O)N2CCN(CC(=O)N3CCCC[C@@H]3C)CC2)c(Cl)c1. The molecule has 0 unspecified atom stereocenters. The molecule has 164 valence electrons. The van der Waals surface area contributed by atoms with Gasteiger partial charge >= 0.3 is 5.97 Å². The average molecular weight is 437 g/mol. The van der Waals surface area contributed by atoms with Crippen molar-refractivity contribution in [2.45, 2.75) is 39.2 Å². The molecule has 0 aliphatic carbocycles. The van der Waals surface area contributed by atoms with Crippen molar-refractivity contribution in [3.8, 4) is 0 Å². The smallest absolute Gasteiger partial charge is 0.339 e. The number of hydrogen-bond acceptors (Lipinski definition) is 6. The summed E-state index contributed by atoms with van der Waals surface area (Å²) < 4.78 is 4.92. The largest absolute Gasteiger partial charge is 0.462 e.